The van der Waals surface area contributed by atoms with Gasteiger partial charge in [0.2, 0.25) is 5.90 Å². The number of ether oxygens (including phenoxy) is 1. The second kappa shape index (κ2) is 2.17. The summed E-state index contributed by atoms with van der Waals surface area (Å²) in [6.07, 6.45) is 3.24. The predicted octanol–water partition coefficient (Wildman–Crippen LogP) is 1.06. The van der Waals surface area contributed by atoms with Gasteiger partial charge in [-0.1, -0.05) is 0 Å². The Hall–Kier alpha value is -1.25. The molecule has 0 spiro atoms. The Bertz CT molecular complexity index is 238. The van der Waals surface area contributed by atoms with E-state index in [0.717, 1.165) is 12.1 Å². The molecule has 0 saturated carbocycles. The number of nitrogens with zero attached hydrogens (tertiary/aromatic N) is 1. The molecule has 0 atom stereocenters. The first-order chi connectivity index (χ1) is 4.97. The molecule has 0 fully saturated rings. The fourth-order valence-electron chi connectivity index (χ4n) is 0.896. The van der Waals surface area contributed by atoms with Gasteiger partial charge in [0.05, 0.1) is 18.4 Å². The standard InChI is InChI=1S/C7H7NO2/c1-3-9-5-6(1)7-8-2-4-10-7/h1,3,5H,2,4H2. The summed E-state index contributed by atoms with van der Waals surface area (Å²) in [6.45, 7) is 1.46. The van der Waals surface area contributed by atoms with Gasteiger partial charge in [-0.15, -0.1) is 0 Å². The first-order valence-electron chi connectivity index (χ1n) is 3.16. The minimum Gasteiger partial charge on any atom is -0.475 e. The molecule has 1 aromatic heterocycles. The summed E-state index contributed by atoms with van der Waals surface area (Å²) in [6, 6.07) is 1.84. The van der Waals surface area contributed by atoms with E-state index in [-0.39, 0.29) is 0 Å². The van der Waals surface area contributed by atoms with Crippen LogP contribution >= 0.6 is 0 Å². The zero-order valence-corrected chi connectivity index (χ0v) is 5.41. The second-order valence-corrected chi connectivity index (χ2v) is 2.05. The smallest absolute Gasteiger partial charge is 0.219 e. The van der Waals surface area contributed by atoms with Gasteiger partial charge in [0, 0.05) is 0 Å². The van der Waals surface area contributed by atoms with Crippen molar-refractivity contribution in [2.24, 2.45) is 4.99 Å². The van der Waals surface area contributed by atoms with Gasteiger partial charge in [0.15, 0.2) is 0 Å². The van der Waals surface area contributed by atoms with Crippen molar-refractivity contribution in [3.05, 3.63) is 24.2 Å². The van der Waals surface area contributed by atoms with Crippen LogP contribution in [-0.2, 0) is 4.74 Å². The Morgan fingerprint density at radius 2 is 2.50 bits per heavy atom. The molecule has 1 aliphatic rings. The van der Waals surface area contributed by atoms with Crippen molar-refractivity contribution in [1.82, 2.24) is 0 Å². The monoisotopic (exact) mass is 137 g/mol. The molecule has 52 valence electrons. The van der Waals surface area contributed by atoms with Gasteiger partial charge >= 0.3 is 0 Å². The number of rotatable bonds is 1. The van der Waals surface area contributed by atoms with Gasteiger partial charge in [-0.3, -0.25) is 0 Å². The van der Waals surface area contributed by atoms with Crippen LogP contribution in [-0.4, -0.2) is 19.0 Å². The molecule has 0 bridgehead atoms. The molecule has 0 saturated heterocycles. The topological polar surface area (TPSA) is 34.7 Å². The van der Waals surface area contributed by atoms with Crippen LogP contribution in [0.2, 0.25) is 0 Å². The minimum atomic E-state index is 0.695. The Morgan fingerprint density at radius 1 is 1.50 bits per heavy atom. The van der Waals surface area contributed by atoms with Gasteiger partial charge in [0.1, 0.15) is 12.9 Å². The highest BCUT2D eigenvalue weighted by Gasteiger charge is 2.09. The third kappa shape index (κ3) is 0.795. The van der Waals surface area contributed by atoms with Crippen LogP contribution in [0.4, 0.5) is 0 Å². The molecular formula is C7H7NO2. The van der Waals surface area contributed by atoms with E-state index in [2.05, 4.69) is 4.99 Å². The molecule has 0 unspecified atom stereocenters. The maximum atomic E-state index is 5.19. The van der Waals surface area contributed by atoms with Crippen molar-refractivity contribution in [3.63, 3.8) is 0 Å². The van der Waals surface area contributed by atoms with Crippen LogP contribution in [0.5, 0.6) is 0 Å². The summed E-state index contributed by atoms with van der Waals surface area (Å²) in [5, 5.41) is 0. The van der Waals surface area contributed by atoms with Crippen molar-refractivity contribution in [3.8, 4) is 0 Å². The second-order valence-electron chi connectivity index (χ2n) is 2.05. The number of hydrogen-bond acceptors (Lipinski definition) is 3. The predicted molar refractivity (Wildman–Crippen MR) is 36.1 cm³/mol. The third-order valence-electron chi connectivity index (χ3n) is 1.35. The van der Waals surface area contributed by atoms with E-state index in [9.17, 15) is 0 Å². The maximum absolute atomic E-state index is 5.19. The summed E-state index contributed by atoms with van der Waals surface area (Å²) in [7, 11) is 0. The van der Waals surface area contributed by atoms with Crippen molar-refractivity contribution < 1.29 is 9.15 Å². The van der Waals surface area contributed by atoms with Gasteiger partial charge in [-0.05, 0) is 6.07 Å². The number of hydrogen-bond donors (Lipinski definition) is 0. The molecule has 3 heteroatoms. The van der Waals surface area contributed by atoms with E-state index in [1.807, 2.05) is 6.07 Å². The average Bonchev–Trinajstić information content (AvgIpc) is 2.59. The SMILES string of the molecule is c1cc(C2=NCCO2)co1. The molecule has 1 aromatic rings. The van der Waals surface area contributed by atoms with Gasteiger partial charge in [0.25, 0.3) is 0 Å². The van der Waals surface area contributed by atoms with Crippen LogP contribution in [0.3, 0.4) is 0 Å². The lowest BCUT2D eigenvalue weighted by Gasteiger charge is -1.93. The van der Waals surface area contributed by atoms with Gasteiger partial charge in [-0.25, -0.2) is 4.99 Å². The van der Waals surface area contributed by atoms with Crippen molar-refractivity contribution in [1.29, 1.82) is 0 Å². The summed E-state index contributed by atoms with van der Waals surface area (Å²) in [5.41, 5.74) is 0.928. The average molecular weight is 137 g/mol. The summed E-state index contributed by atoms with van der Waals surface area (Å²) in [4.78, 5) is 4.11. The van der Waals surface area contributed by atoms with Crippen LogP contribution in [0.15, 0.2) is 28.0 Å². The molecule has 0 N–H and O–H groups in total. The Morgan fingerprint density at radius 3 is 3.10 bits per heavy atom. The van der Waals surface area contributed by atoms with Gasteiger partial charge in [-0.2, -0.15) is 0 Å². The zero-order valence-electron chi connectivity index (χ0n) is 5.41. The number of aliphatic imine (C=N–C) groups is 1. The molecule has 3 nitrogen and oxygen atoms in total. The lowest BCUT2D eigenvalue weighted by molar-refractivity contribution is 0.348. The number of furan rings is 1. The summed E-state index contributed by atoms with van der Waals surface area (Å²) in [5.74, 6) is 0.703. The minimum absolute atomic E-state index is 0.695. The lowest BCUT2D eigenvalue weighted by atomic mass is 10.3. The molecular weight excluding hydrogens is 130 g/mol. The van der Waals surface area contributed by atoms with Crippen LogP contribution in [0.1, 0.15) is 5.56 Å². The molecule has 0 aliphatic carbocycles. The molecule has 2 rings (SSSR count). The summed E-state index contributed by atoms with van der Waals surface area (Å²) >= 11 is 0. The van der Waals surface area contributed by atoms with Crippen LogP contribution in [0.25, 0.3) is 0 Å². The Kier molecular flexibility index (Phi) is 1.20. The van der Waals surface area contributed by atoms with E-state index in [4.69, 9.17) is 9.15 Å². The van der Waals surface area contributed by atoms with Crippen LogP contribution < -0.4 is 0 Å². The van der Waals surface area contributed by atoms with Crippen molar-refractivity contribution >= 4 is 5.90 Å². The normalized spacial score (nSPS) is 16.6. The molecule has 0 amide bonds. The lowest BCUT2D eigenvalue weighted by Crippen LogP contribution is -1.98. The van der Waals surface area contributed by atoms with E-state index < -0.39 is 0 Å². The van der Waals surface area contributed by atoms with E-state index in [1.165, 1.54) is 0 Å². The van der Waals surface area contributed by atoms with Crippen LogP contribution in [0, 0.1) is 0 Å². The highest BCUT2D eigenvalue weighted by atomic mass is 16.5. The highest BCUT2D eigenvalue weighted by molar-refractivity contribution is 5.94. The Labute approximate surface area is 58.3 Å². The highest BCUT2D eigenvalue weighted by Crippen LogP contribution is 2.06. The van der Waals surface area contributed by atoms with E-state index in [1.54, 1.807) is 12.5 Å². The molecule has 1 aliphatic heterocycles. The Balaban J connectivity index is 2.28. The fourth-order valence-corrected chi connectivity index (χ4v) is 0.896. The largest absolute Gasteiger partial charge is 0.475 e. The fraction of sp³-hybridized carbons (Fsp3) is 0.286. The first-order valence-corrected chi connectivity index (χ1v) is 3.16. The molecule has 2 heterocycles. The molecule has 10 heavy (non-hydrogen) atoms. The van der Waals surface area contributed by atoms with Gasteiger partial charge < -0.3 is 9.15 Å². The zero-order chi connectivity index (χ0) is 6.81. The van der Waals surface area contributed by atoms with Crippen molar-refractivity contribution in [2.75, 3.05) is 13.2 Å². The van der Waals surface area contributed by atoms with Crippen molar-refractivity contribution in [2.45, 2.75) is 0 Å². The molecule has 0 aromatic carbocycles. The molecule has 0 radical (unpaired) electrons. The van der Waals surface area contributed by atoms with E-state index >= 15 is 0 Å². The van der Waals surface area contributed by atoms with E-state index in [0.29, 0.717) is 12.5 Å². The third-order valence-corrected chi connectivity index (χ3v) is 1.35. The first kappa shape index (κ1) is 5.53. The summed E-state index contributed by atoms with van der Waals surface area (Å²) < 4.78 is 10.1. The quantitative estimate of drug-likeness (QED) is 0.580. The maximum Gasteiger partial charge on any atom is 0.219 e.